The minimum Gasteiger partial charge on any atom is -0.356 e. The van der Waals surface area contributed by atoms with Crippen molar-refractivity contribution in [2.75, 3.05) is 6.54 Å². The largest absolute Gasteiger partial charge is 0.356 e. The van der Waals surface area contributed by atoms with E-state index in [0.717, 1.165) is 16.7 Å². The Kier molecular flexibility index (Phi) is 3.12. The van der Waals surface area contributed by atoms with Gasteiger partial charge in [0.05, 0.1) is 18.4 Å². The molecule has 0 aliphatic heterocycles. The average molecular weight is 235 g/mol. The van der Waals surface area contributed by atoms with Crippen LogP contribution in [0.1, 0.15) is 19.0 Å². The van der Waals surface area contributed by atoms with Gasteiger partial charge in [-0.05, 0) is 13.8 Å². The van der Waals surface area contributed by atoms with Crippen LogP contribution in [-0.2, 0) is 18.4 Å². The highest BCUT2D eigenvalue weighted by Gasteiger charge is 2.11. The van der Waals surface area contributed by atoms with Crippen LogP contribution in [0.5, 0.6) is 0 Å². The summed E-state index contributed by atoms with van der Waals surface area (Å²) in [5, 5.41) is 11.4. The molecule has 2 aromatic rings. The van der Waals surface area contributed by atoms with Gasteiger partial charge in [0.2, 0.25) is 5.91 Å². The number of nitrogens with one attached hydrogen (secondary N) is 1. The molecule has 2 heterocycles. The summed E-state index contributed by atoms with van der Waals surface area (Å²) in [7, 11) is 1.89. The van der Waals surface area contributed by atoms with Crippen molar-refractivity contribution in [3.05, 3.63) is 11.9 Å². The first kappa shape index (κ1) is 11.6. The molecule has 0 atom stereocenters. The van der Waals surface area contributed by atoms with Gasteiger partial charge in [-0.25, -0.2) is 0 Å². The lowest BCUT2D eigenvalue weighted by Gasteiger charge is -2.03. The Morgan fingerprint density at radius 1 is 1.53 bits per heavy atom. The highest BCUT2D eigenvalue weighted by Crippen LogP contribution is 2.16. The molecule has 0 fully saturated rings. The molecule has 0 unspecified atom stereocenters. The van der Waals surface area contributed by atoms with Gasteiger partial charge in [-0.1, -0.05) is 0 Å². The summed E-state index contributed by atoms with van der Waals surface area (Å²) in [4.78, 5) is 11.4. The fraction of sp³-hybridized carbons (Fsp3) is 0.545. The molecule has 17 heavy (non-hydrogen) atoms. The lowest BCUT2D eigenvalue weighted by atomic mass is 10.3. The third-order valence-corrected chi connectivity index (χ3v) is 2.74. The molecule has 0 saturated heterocycles. The van der Waals surface area contributed by atoms with E-state index in [2.05, 4.69) is 15.5 Å². The molecule has 0 aliphatic rings. The van der Waals surface area contributed by atoms with Gasteiger partial charge in [0, 0.05) is 20.0 Å². The van der Waals surface area contributed by atoms with Crippen LogP contribution >= 0.6 is 0 Å². The maximum Gasteiger partial charge on any atom is 0.221 e. The van der Waals surface area contributed by atoms with Crippen molar-refractivity contribution >= 4 is 16.9 Å². The number of amides is 1. The quantitative estimate of drug-likeness (QED) is 0.844. The van der Waals surface area contributed by atoms with Crippen LogP contribution in [-0.4, -0.2) is 32.0 Å². The highest BCUT2D eigenvalue weighted by atomic mass is 16.1. The van der Waals surface area contributed by atoms with Crippen LogP contribution in [0.25, 0.3) is 11.0 Å². The van der Waals surface area contributed by atoms with E-state index in [1.807, 2.05) is 25.6 Å². The van der Waals surface area contributed by atoms with E-state index < -0.39 is 0 Å². The van der Waals surface area contributed by atoms with E-state index in [-0.39, 0.29) is 5.91 Å². The molecule has 1 amide bonds. The minimum absolute atomic E-state index is 0.0534. The maximum absolute atomic E-state index is 11.4. The smallest absolute Gasteiger partial charge is 0.221 e. The molecule has 2 rings (SSSR count). The molecule has 0 spiro atoms. The topological polar surface area (TPSA) is 64.7 Å². The first-order valence-electron chi connectivity index (χ1n) is 5.75. The van der Waals surface area contributed by atoms with Gasteiger partial charge in [-0.2, -0.15) is 10.2 Å². The summed E-state index contributed by atoms with van der Waals surface area (Å²) in [5.41, 5.74) is 2.95. The zero-order chi connectivity index (χ0) is 12.4. The number of aryl methyl sites for hydroxylation is 3. The third-order valence-electron chi connectivity index (χ3n) is 2.74. The molecule has 0 bridgehead atoms. The van der Waals surface area contributed by atoms with Gasteiger partial charge < -0.3 is 5.32 Å². The summed E-state index contributed by atoms with van der Waals surface area (Å²) in [6.45, 7) is 5.11. The van der Waals surface area contributed by atoms with Crippen molar-refractivity contribution in [3.63, 3.8) is 0 Å². The summed E-state index contributed by atoms with van der Waals surface area (Å²) >= 11 is 0. The lowest BCUT2D eigenvalue weighted by Crippen LogP contribution is -2.23. The second kappa shape index (κ2) is 4.57. The summed E-state index contributed by atoms with van der Waals surface area (Å²) in [6.07, 6.45) is 2.23. The zero-order valence-corrected chi connectivity index (χ0v) is 10.4. The van der Waals surface area contributed by atoms with Crippen molar-refractivity contribution in [2.45, 2.75) is 26.8 Å². The molecular formula is C11H17N5O. The number of fused-ring (bicyclic) bond motifs is 1. The number of hydrogen-bond acceptors (Lipinski definition) is 3. The standard InChI is InChI=1S/C11H17N5O/c1-4-12-10(17)5-6-16-11-8(2)14-15(3)9(11)7-13-16/h7H,4-6H2,1-3H3,(H,12,17). The first-order valence-corrected chi connectivity index (χ1v) is 5.75. The van der Waals surface area contributed by atoms with Gasteiger partial charge >= 0.3 is 0 Å². The van der Waals surface area contributed by atoms with Crippen LogP contribution < -0.4 is 5.32 Å². The van der Waals surface area contributed by atoms with Gasteiger partial charge in [-0.3, -0.25) is 14.2 Å². The van der Waals surface area contributed by atoms with Gasteiger partial charge in [0.25, 0.3) is 0 Å². The van der Waals surface area contributed by atoms with E-state index in [4.69, 9.17) is 0 Å². The molecule has 6 nitrogen and oxygen atoms in total. The van der Waals surface area contributed by atoms with Crippen LogP contribution in [0.4, 0.5) is 0 Å². The predicted molar refractivity (Wildman–Crippen MR) is 64.5 cm³/mol. The van der Waals surface area contributed by atoms with E-state index in [1.54, 1.807) is 10.9 Å². The number of hydrogen-bond donors (Lipinski definition) is 1. The summed E-state index contributed by atoms with van der Waals surface area (Å²) in [6, 6.07) is 0. The Balaban J connectivity index is 2.16. The normalized spacial score (nSPS) is 11.0. The Labute approximate surface area is 99.6 Å². The molecule has 0 saturated carbocycles. The Morgan fingerprint density at radius 2 is 2.29 bits per heavy atom. The summed E-state index contributed by atoms with van der Waals surface area (Å²) < 4.78 is 3.65. The maximum atomic E-state index is 11.4. The first-order chi connectivity index (χ1) is 8.13. The van der Waals surface area contributed by atoms with Crippen LogP contribution in [0.3, 0.4) is 0 Å². The molecule has 0 radical (unpaired) electrons. The molecular weight excluding hydrogens is 218 g/mol. The SMILES string of the molecule is CCNC(=O)CCn1ncc2c1c(C)nn2C. The van der Waals surface area contributed by atoms with Gasteiger partial charge in [0.1, 0.15) is 11.0 Å². The van der Waals surface area contributed by atoms with Crippen molar-refractivity contribution in [2.24, 2.45) is 7.05 Å². The van der Waals surface area contributed by atoms with Crippen molar-refractivity contribution in [1.82, 2.24) is 24.9 Å². The number of carbonyl (C=O) groups excluding carboxylic acids is 1. The molecule has 2 aromatic heterocycles. The number of rotatable bonds is 4. The predicted octanol–water partition coefficient (Wildman–Crippen LogP) is 0.604. The van der Waals surface area contributed by atoms with Crippen molar-refractivity contribution in [1.29, 1.82) is 0 Å². The van der Waals surface area contributed by atoms with Gasteiger partial charge in [0.15, 0.2) is 0 Å². The second-order valence-electron chi connectivity index (χ2n) is 4.01. The van der Waals surface area contributed by atoms with Gasteiger partial charge in [-0.15, -0.1) is 0 Å². The Hall–Kier alpha value is -1.85. The number of carbonyl (C=O) groups is 1. The zero-order valence-electron chi connectivity index (χ0n) is 10.4. The number of aromatic nitrogens is 4. The third kappa shape index (κ3) is 2.15. The molecule has 92 valence electrons. The monoisotopic (exact) mass is 235 g/mol. The Bertz CT molecular complexity index is 539. The molecule has 0 aromatic carbocycles. The van der Waals surface area contributed by atoms with E-state index in [9.17, 15) is 4.79 Å². The fourth-order valence-electron chi connectivity index (χ4n) is 1.97. The van der Waals surface area contributed by atoms with E-state index in [1.165, 1.54) is 0 Å². The lowest BCUT2D eigenvalue weighted by molar-refractivity contribution is -0.121. The highest BCUT2D eigenvalue weighted by molar-refractivity contribution is 5.78. The number of nitrogens with zero attached hydrogens (tertiary/aromatic N) is 4. The van der Waals surface area contributed by atoms with E-state index >= 15 is 0 Å². The van der Waals surface area contributed by atoms with Crippen molar-refractivity contribution in [3.8, 4) is 0 Å². The fourth-order valence-corrected chi connectivity index (χ4v) is 1.97. The molecule has 1 N–H and O–H groups in total. The van der Waals surface area contributed by atoms with Crippen LogP contribution in [0.2, 0.25) is 0 Å². The van der Waals surface area contributed by atoms with E-state index in [0.29, 0.717) is 19.5 Å². The molecule has 0 aliphatic carbocycles. The summed E-state index contributed by atoms with van der Waals surface area (Å²) in [5.74, 6) is 0.0534. The van der Waals surface area contributed by atoms with Crippen LogP contribution in [0.15, 0.2) is 6.20 Å². The molecule has 6 heteroatoms. The van der Waals surface area contributed by atoms with Crippen molar-refractivity contribution < 1.29 is 4.79 Å². The van der Waals surface area contributed by atoms with Crippen LogP contribution in [0, 0.1) is 6.92 Å². The average Bonchev–Trinajstić information content (AvgIpc) is 2.80. The second-order valence-corrected chi connectivity index (χ2v) is 4.01. The minimum atomic E-state index is 0.0534. The Morgan fingerprint density at radius 3 is 3.00 bits per heavy atom.